The first-order chi connectivity index (χ1) is 0. The van der Waals surface area contributed by atoms with Crippen molar-refractivity contribution in [3.05, 3.63) is 0 Å². The molecule has 0 heterocycles. The third-order valence-electron chi connectivity index (χ3n) is 0. The minimum absolute atomic E-state index is 0. The smallest absolute Gasteiger partial charge is 0 e. The Kier molecular flexibility index (Phi) is 464. The molecule has 0 fully saturated rings. The Bertz CT molecular complexity index is 7.64. The average molecular weight is 683 g/mol. The second-order valence-electron chi connectivity index (χ2n) is 0. The summed E-state index contributed by atoms with van der Waals surface area (Å²) < 4.78 is 0. The van der Waals surface area contributed by atoms with Gasteiger partial charge in [0.1, 0.15) is 0 Å². The van der Waals surface area contributed by atoms with Crippen molar-refractivity contribution in [1.29, 1.82) is 0 Å². The molecule has 8 heteroatoms. The van der Waals surface area contributed by atoms with E-state index in [1.54, 1.807) is 0 Å². The van der Waals surface area contributed by atoms with Gasteiger partial charge in [-0.25, -0.2) is 0 Å². The van der Waals surface area contributed by atoms with E-state index in [1.165, 1.54) is 0 Å². The van der Waals surface area contributed by atoms with Gasteiger partial charge in [-0.15, -0.1) is 0 Å². The summed E-state index contributed by atoms with van der Waals surface area (Å²) in [6.07, 6.45) is 0. The van der Waals surface area contributed by atoms with Gasteiger partial charge in [-0.1, -0.05) is 0 Å². The van der Waals surface area contributed by atoms with Crippen LogP contribution in [0.5, 0.6) is 0 Å². The van der Waals surface area contributed by atoms with Gasteiger partial charge >= 0.3 is 59.4 Å². The number of rotatable bonds is 0. The average Bonchev–Trinajstić information content (AvgIpc) is 0. The summed E-state index contributed by atoms with van der Waals surface area (Å²) in [6, 6.07) is 0. The molecule has 0 bridgehead atoms. The fraction of sp³-hybridized carbons (Fsp3) is 0. The normalized spacial score (nSPS) is 0. The molecular formula is H9Ga3Nb5. The molecule has 0 nitrogen and oxygen atoms in total. The standard InChI is InChI=1S/3Ga.5Nb.9H. The van der Waals surface area contributed by atoms with Gasteiger partial charge < -0.3 is 0 Å². The Labute approximate surface area is 167 Å². The molecule has 0 aromatic carbocycles. The molecule has 0 aliphatic rings. The van der Waals surface area contributed by atoms with E-state index >= 15 is 0 Å². The maximum Gasteiger partial charge on any atom is 0 e. The van der Waals surface area contributed by atoms with Gasteiger partial charge in [0.2, 0.25) is 0 Å². The van der Waals surface area contributed by atoms with Crippen LogP contribution in [0.4, 0.5) is 0 Å². The molecule has 0 rings (SSSR count). The molecule has 0 amide bonds. The second-order valence-corrected chi connectivity index (χ2v) is 0. The number of hydrogen-bond acceptors (Lipinski definition) is 0. The molecule has 0 saturated carbocycles. The summed E-state index contributed by atoms with van der Waals surface area (Å²) in [5.41, 5.74) is 0. The van der Waals surface area contributed by atoms with Gasteiger partial charge in [0.05, 0.1) is 0 Å². The summed E-state index contributed by atoms with van der Waals surface area (Å²) >= 11 is 0. The van der Waals surface area contributed by atoms with Crippen LogP contribution in [-0.4, -0.2) is 59.4 Å². The molecule has 0 aliphatic heterocycles. The van der Waals surface area contributed by atoms with Crippen LogP contribution in [0.25, 0.3) is 0 Å². The van der Waals surface area contributed by atoms with Crippen molar-refractivity contribution in [1.82, 2.24) is 0 Å². The summed E-state index contributed by atoms with van der Waals surface area (Å²) in [5.74, 6) is 0. The molecule has 5 radical (unpaired) electrons. The van der Waals surface area contributed by atoms with E-state index in [2.05, 4.69) is 0 Å². The number of hydrogen-bond donors (Lipinski definition) is 0. The maximum atomic E-state index is 0. The van der Waals surface area contributed by atoms with E-state index in [-0.39, 0.29) is 171 Å². The summed E-state index contributed by atoms with van der Waals surface area (Å²) in [6.45, 7) is 0. The predicted molar refractivity (Wildman–Crippen MR) is 29.8 cm³/mol. The van der Waals surface area contributed by atoms with E-state index in [4.69, 9.17) is 0 Å². The van der Waals surface area contributed by atoms with E-state index in [1.807, 2.05) is 0 Å². The van der Waals surface area contributed by atoms with Crippen LogP contribution in [0, 0.1) is 0 Å². The van der Waals surface area contributed by atoms with Gasteiger partial charge in [0.25, 0.3) is 0 Å². The van der Waals surface area contributed by atoms with Crippen LogP contribution >= 0.6 is 0 Å². The van der Waals surface area contributed by atoms with Crippen LogP contribution in [-0.2, 0) is 112 Å². The Morgan fingerprint density at radius 2 is 0.250 bits per heavy atom. The second kappa shape index (κ2) is 54.0. The first-order valence-corrected chi connectivity index (χ1v) is 0. The Balaban J connectivity index is 0. The molecule has 0 atom stereocenters. The third-order valence-corrected chi connectivity index (χ3v) is 0. The third kappa shape index (κ3) is 41.5. The fourth-order valence-corrected chi connectivity index (χ4v) is 0. The summed E-state index contributed by atoms with van der Waals surface area (Å²) in [4.78, 5) is 0. The Morgan fingerprint density at radius 3 is 0.250 bits per heavy atom. The van der Waals surface area contributed by atoms with Crippen LogP contribution < -0.4 is 0 Å². The predicted octanol–water partition coefficient (Wildman–Crippen LogP) is -3.56. The SMILES string of the molecule is [GaH3].[GaH3].[GaH3].[Nb].[Nb].[Nb].[Nb].[Nb]. The van der Waals surface area contributed by atoms with Crippen LogP contribution in [0.2, 0.25) is 0 Å². The van der Waals surface area contributed by atoms with Crippen LogP contribution in [0.15, 0.2) is 0 Å². The molecule has 0 N–H and O–H groups in total. The molecular weight excluding hydrogens is 674 g/mol. The van der Waals surface area contributed by atoms with Crippen molar-refractivity contribution in [2.24, 2.45) is 0 Å². The van der Waals surface area contributed by atoms with Crippen LogP contribution in [0.3, 0.4) is 0 Å². The molecule has 0 spiro atoms. The minimum Gasteiger partial charge on any atom is 0 e. The van der Waals surface area contributed by atoms with Gasteiger partial charge in [0.15, 0.2) is 0 Å². The Hall–Kier alpha value is 5.61. The molecule has 8 heavy (non-hydrogen) atoms. The first-order valence-electron chi connectivity index (χ1n) is 0. The van der Waals surface area contributed by atoms with Crippen molar-refractivity contribution in [3.63, 3.8) is 0 Å². The largest absolute Gasteiger partial charge is 0 e. The van der Waals surface area contributed by atoms with Crippen molar-refractivity contribution in [2.45, 2.75) is 0 Å². The zero-order valence-corrected chi connectivity index (χ0v) is 13.2. The molecule has 0 saturated heterocycles. The van der Waals surface area contributed by atoms with Crippen molar-refractivity contribution in [3.8, 4) is 0 Å². The Morgan fingerprint density at radius 1 is 0.250 bits per heavy atom. The zero-order valence-electron chi connectivity index (χ0n) is 2.24. The summed E-state index contributed by atoms with van der Waals surface area (Å²) in [7, 11) is 0. The van der Waals surface area contributed by atoms with Gasteiger partial charge in [-0.2, -0.15) is 0 Å². The van der Waals surface area contributed by atoms with Crippen molar-refractivity contribution >= 4 is 59.4 Å². The summed E-state index contributed by atoms with van der Waals surface area (Å²) in [5, 5.41) is 0. The minimum atomic E-state index is 0. The van der Waals surface area contributed by atoms with E-state index in [0.717, 1.165) is 0 Å². The maximum absolute atomic E-state index is 0. The zero-order chi connectivity index (χ0) is 0. The molecule has 0 aliphatic carbocycles. The van der Waals surface area contributed by atoms with Gasteiger partial charge in [-0.3, -0.25) is 0 Å². The molecule has 43 valence electrons. The van der Waals surface area contributed by atoms with E-state index in [0.29, 0.717) is 0 Å². The van der Waals surface area contributed by atoms with Crippen LogP contribution in [0.1, 0.15) is 0 Å². The first kappa shape index (κ1) is 68.8. The van der Waals surface area contributed by atoms with E-state index < -0.39 is 0 Å². The fourth-order valence-electron chi connectivity index (χ4n) is 0. The molecule has 0 aromatic heterocycles. The van der Waals surface area contributed by atoms with Crippen molar-refractivity contribution < 1.29 is 112 Å². The topological polar surface area (TPSA) is 0 Å². The quantitative estimate of drug-likeness (QED) is 0.233. The van der Waals surface area contributed by atoms with Crippen molar-refractivity contribution in [2.75, 3.05) is 0 Å². The van der Waals surface area contributed by atoms with E-state index in [9.17, 15) is 0 Å². The van der Waals surface area contributed by atoms with Gasteiger partial charge in [-0.05, 0) is 0 Å². The molecule has 0 unspecified atom stereocenters. The molecule has 0 aromatic rings. The van der Waals surface area contributed by atoms with Gasteiger partial charge in [0, 0.05) is 112 Å². The monoisotopic (exact) mass is 680 g/mol.